The molecule has 1 aliphatic rings. The molecule has 0 saturated heterocycles. The van der Waals surface area contributed by atoms with Gasteiger partial charge in [-0.25, -0.2) is 0 Å². The molecule has 0 aromatic heterocycles. The summed E-state index contributed by atoms with van der Waals surface area (Å²) in [6.45, 7) is 14.0. The Bertz CT molecular complexity index is 166. The molecule has 0 bridgehead atoms. The van der Waals surface area contributed by atoms with Crippen LogP contribution in [0.4, 0.5) is 0 Å². The second-order valence-electron chi connectivity index (χ2n) is 5.55. The quantitative estimate of drug-likeness (QED) is 0.629. The fourth-order valence-corrected chi connectivity index (χ4v) is 2.07. The number of hydrogen-bond acceptors (Lipinski definition) is 1. The first-order valence-electron chi connectivity index (χ1n) is 7.17. The SMILES string of the molecule is CC.CCC(C)(C)COC1(CC)CCCC1. The van der Waals surface area contributed by atoms with Crippen molar-refractivity contribution in [3.63, 3.8) is 0 Å². The first-order valence-corrected chi connectivity index (χ1v) is 7.17. The molecule has 1 fully saturated rings. The summed E-state index contributed by atoms with van der Waals surface area (Å²) in [6.07, 6.45) is 7.67. The van der Waals surface area contributed by atoms with E-state index in [1.807, 2.05) is 13.8 Å². The van der Waals surface area contributed by atoms with Gasteiger partial charge >= 0.3 is 0 Å². The van der Waals surface area contributed by atoms with E-state index in [4.69, 9.17) is 4.74 Å². The first-order chi connectivity index (χ1) is 7.54. The van der Waals surface area contributed by atoms with Crippen LogP contribution in [0.25, 0.3) is 0 Å². The monoisotopic (exact) mass is 228 g/mol. The molecule has 0 atom stereocenters. The maximum Gasteiger partial charge on any atom is 0.0680 e. The Morgan fingerprint density at radius 2 is 1.56 bits per heavy atom. The van der Waals surface area contributed by atoms with Gasteiger partial charge in [-0.1, -0.05) is 54.4 Å². The predicted octanol–water partition coefficient (Wildman–Crippen LogP) is 5.19. The standard InChI is InChI=1S/C13H26O.C2H6/c1-5-12(3,4)11-14-13(6-2)9-7-8-10-13;1-2/h5-11H2,1-4H3;1-2H3. The van der Waals surface area contributed by atoms with Crippen molar-refractivity contribution in [1.82, 2.24) is 0 Å². The lowest BCUT2D eigenvalue weighted by Crippen LogP contribution is -2.32. The third kappa shape index (κ3) is 4.86. The Morgan fingerprint density at radius 3 is 1.94 bits per heavy atom. The molecule has 0 N–H and O–H groups in total. The van der Waals surface area contributed by atoms with Crippen LogP contribution in [0, 0.1) is 5.41 Å². The molecule has 0 heterocycles. The number of ether oxygens (including phenoxy) is 1. The lowest BCUT2D eigenvalue weighted by molar-refractivity contribution is -0.0763. The van der Waals surface area contributed by atoms with Gasteiger partial charge in [-0.3, -0.25) is 0 Å². The Labute approximate surface area is 103 Å². The molecule has 0 unspecified atom stereocenters. The van der Waals surface area contributed by atoms with Crippen LogP contribution in [0.2, 0.25) is 0 Å². The van der Waals surface area contributed by atoms with E-state index in [-0.39, 0.29) is 5.60 Å². The van der Waals surface area contributed by atoms with Crippen molar-refractivity contribution in [2.24, 2.45) is 5.41 Å². The molecule has 1 saturated carbocycles. The fraction of sp³-hybridized carbons (Fsp3) is 1.00. The van der Waals surface area contributed by atoms with E-state index < -0.39 is 0 Å². The minimum Gasteiger partial charge on any atom is -0.374 e. The van der Waals surface area contributed by atoms with E-state index in [0.29, 0.717) is 5.41 Å². The molecule has 0 radical (unpaired) electrons. The highest BCUT2D eigenvalue weighted by molar-refractivity contribution is 4.85. The zero-order valence-electron chi connectivity index (χ0n) is 12.4. The molecule has 0 aromatic carbocycles. The Kier molecular flexibility index (Phi) is 7.30. The van der Waals surface area contributed by atoms with Crippen molar-refractivity contribution in [1.29, 1.82) is 0 Å². The maximum atomic E-state index is 6.20. The van der Waals surface area contributed by atoms with E-state index in [2.05, 4.69) is 27.7 Å². The summed E-state index contributed by atoms with van der Waals surface area (Å²) in [6, 6.07) is 0. The molecular formula is C15H32O. The van der Waals surface area contributed by atoms with E-state index in [0.717, 1.165) is 6.61 Å². The molecule has 0 aromatic rings. The first kappa shape index (κ1) is 16.0. The van der Waals surface area contributed by atoms with Gasteiger partial charge < -0.3 is 4.74 Å². The van der Waals surface area contributed by atoms with E-state index in [9.17, 15) is 0 Å². The van der Waals surface area contributed by atoms with E-state index in [1.165, 1.54) is 38.5 Å². The highest BCUT2D eigenvalue weighted by atomic mass is 16.5. The van der Waals surface area contributed by atoms with Gasteiger partial charge in [0.15, 0.2) is 0 Å². The van der Waals surface area contributed by atoms with Crippen LogP contribution in [-0.4, -0.2) is 12.2 Å². The van der Waals surface area contributed by atoms with Crippen molar-refractivity contribution in [2.45, 2.75) is 85.7 Å². The third-order valence-electron chi connectivity index (χ3n) is 3.89. The number of hydrogen-bond donors (Lipinski definition) is 0. The van der Waals surface area contributed by atoms with Crippen LogP contribution in [0.15, 0.2) is 0 Å². The zero-order valence-corrected chi connectivity index (χ0v) is 12.4. The van der Waals surface area contributed by atoms with Gasteiger partial charge in [-0.05, 0) is 31.1 Å². The van der Waals surface area contributed by atoms with Crippen molar-refractivity contribution < 1.29 is 4.74 Å². The van der Waals surface area contributed by atoms with Crippen molar-refractivity contribution in [2.75, 3.05) is 6.61 Å². The maximum absolute atomic E-state index is 6.20. The fourth-order valence-electron chi connectivity index (χ4n) is 2.07. The van der Waals surface area contributed by atoms with E-state index in [1.54, 1.807) is 0 Å². The lowest BCUT2D eigenvalue weighted by Gasteiger charge is -2.33. The molecule has 0 aliphatic heterocycles. The molecule has 0 amide bonds. The third-order valence-corrected chi connectivity index (χ3v) is 3.89. The smallest absolute Gasteiger partial charge is 0.0680 e. The number of rotatable bonds is 5. The van der Waals surface area contributed by atoms with Crippen molar-refractivity contribution in [3.8, 4) is 0 Å². The summed E-state index contributed by atoms with van der Waals surface area (Å²) in [5, 5.41) is 0. The summed E-state index contributed by atoms with van der Waals surface area (Å²) in [7, 11) is 0. The van der Waals surface area contributed by atoms with Gasteiger partial charge in [0.1, 0.15) is 0 Å². The molecule has 0 spiro atoms. The highest BCUT2D eigenvalue weighted by Gasteiger charge is 2.34. The summed E-state index contributed by atoms with van der Waals surface area (Å²) in [5.41, 5.74) is 0.594. The Hall–Kier alpha value is -0.0400. The molecule has 1 aliphatic carbocycles. The molecule has 16 heavy (non-hydrogen) atoms. The van der Waals surface area contributed by atoms with Gasteiger partial charge in [0, 0.05) is 0 Å². The summed E-state index contributed by atoms with van der Waals surface area (Å²) in [5.74, 6) is 0. The van der Waals surface area contributed by atoms with Crippen molar-refractivity contribution in [3.05, 3.63) is 0 Å². The van der Waals surface area contributed by atoms with Crippen LogP contribution in [0.3, 0.4) is 0 Å². The largest absolute Gasteiger partial charge is 0.374 e. The van der Waals surface area contributed by atoms with Gasteiger partial charge in [0.25, 0.3) is 0 Å². The predicted molar refractivity (Wildman–Crippen MR) is 72.9 cm³/mol. The summed E-state index contributed by atoms with van der Waals surface area (Å²) >= 11 is 0. The molecule has 1 rings (SSSR count). The van der Waals surface area contributed by atoms with Gasteiger partial charge in [0.2, 0.25) is 0 Å². The zero-order chi connectivity index (χ0) is 12.7. The second-order valence-corrected chi connectivity index (χ2v) is 5.55. The Morgan fingerprint density at radius 1 is 1.06 bits per heavy atom. The van der Waals surface area contributed by atoms with Crippen LogP contribution in [0.1, 0.15) is 80.1 Å². The average Bonchev–Trinajstić information content (AvgIpc) is 2.79. The van der Waals surface area contributed by atoms with Gasteiger partial charge in [-0.15, -0.1) is 0 Å². The highest BCUT2D eigenvalue weighted by Crippen LogP contribution is 2.37. The van der Waals surface area contributed by atoms with E-state index >= 15 is 0 Å². The normalized spacial score (nSPS) is 19.1. The minimum atomic E-state index is 0.242. The summed E-state index contributed by atoms with van der Waals surface area (Å²) < 4.78 is 6.20. The molecule has 98 valence electrons. The Balaban J connectivity index is 0.00000106. The molecular weight excluding hydrogens is 196 g/mol. The van der Waals surface area contributed by atoms with Crippen LogP contribution >= 0.6 is 0 Å². The van der Waals surface area contributed by atoms with Crippen LogP contribution in [-0.2, 0) is 4.74 Å². The minimum absolute atomic E-state index is 0.242. The summed E-state index contributed by atoms with van der Waals surface area (Å²) in [4.78, 5) is 0. The lowest BCUT2D eigenvalue weighted by atomic mass is 9.90. The second kappa shape index (κ2) is 7.32. The van der Waals surface area contributed by atoms with Gasteiger partial charge in [-0.2, -0.15) is 0 Å². The molecule has 1 heteroatoms. The molecule has 1 nitrogen and oxygen atoms in total. The average molecular weight is 228 g/mol. The van der Waals surface area contributed by atoms with Gasteiger partial charge in [0.05, 0.1) is 12.2 Å². The van der Waals surface area contributed by atoms with Crippen LogP contribution < -0.4 is 0 Å². The van der Waals surface area contributed by atoms with Crippen molar-refractivity contribution >= 4 is 0 Å². The topological polar surface area (TPSA) is 9.23 Å². The van der Waals surface area contributed by atoms with Crippen LogP contribution in [0.5, 0.6) is 0 Å².